The number of rotatable bonds is 9. The van der Waals surface area contributed by atoms with E-state index in [-0.39, 0.29) is 0 Å². The van der Waals surface area contributed by atoms with Gasteiger partial charge in [-0.15, -0.1) is 11.3 Å². The van der Waals surface area contributed by atoms with Crippen LogP contribution in [0.2, 0.25) is 0 Å². The topological polar surface area (TPSA) is 84.8 Å². The lowest BCUT2D eigenvalue weighted by molar-refractivity contribution is 0.122. The molecule has 4 heterocycles. The molecule has 3 aromatic heterocycles. The average molecular weight is 439 g/mol. The number of hydrogen-bond acceptors (Lipinski definition) is 9. The molecule has 4 rings (SSSR count). The molecule has 8 nitrogen and oxygen atoms in total. The van der Waals surface area contributed by atoms with Crippen LogP contribution in [0.3, 0.4) is 0 Å². The normalized spacial score (nSPS) is 14.2. The number of aromatic nitrogens is 3. The average Bonchev–Trinajstić information content (AvgIpc) is 3.28. The molecule has 1 saturated heterocycles. The molecule has 0 aliphatic carbocycles. The van der Waals surface area contributed by atoms with Crippen molar-refractivity contribution < 1.29 is 9.47 Å². The molecule has 1 fully saturated rings. The summed E-state index contributed by atoms with van der Waals surface area (Å²) in [5, 5.41) is 5.35. The van der Waals surface area contributed by atoms with Crippen molar-refractivity contribution >= 4 is 28.4 Å². The molecule has 0 spiro atoms. The van der Waals surface area contributed by atoms with Gasteiger partial charge in [-0.25, -0.2) is 0 Å². The van der Waals surface area contributed by atoms with Crippen molar-refractivity contribution in [3.05, 3.63) is 58.9 Å². The number of nitrogens with zero attached hydrogens (tertiary/aromatic N) is 5. The Morgan fingerprint density at radius 2 is 2.13 bits per heavy atom. The third kappa shape index (κ3) is 6.22. The lowest BCUT2D eigenvalue weighted by Gasteiger charge is -2.28. The minimum atomic E-state index is 0.339. The van der Waals surface area contributed by atoms with Gasteiger partial charge in [0, 0.05) is 42.3 Å². The second-order valence-corrected chi connectivity index (χ2v) is 8.11. The zero-order chi connectivity index (χ0) is 21.3. The molecule has 1 aliphatic heterocycles. The molecule has 0 aromatic carbocycles. The maximum Gasteiger partial charge on any atom is 0.318 e. The zero-order valence-electron chi connectivity index (χ0n) is 17.5. The van der Waals surface area contributed by atoms with Crippen molar-refractivity contribution in [3.8, 4) is 6.01 Å². The number of hydrogen-bond donors (Lipinski definition) is 1. The van der Waals surface area contributed by atoms with Gasteiger partial charge in [0.2, 0.25) is 0 Å². The molecule has 0 radical (unpaired) electrons. The van der Waals surface area contributed by atoms with Crippen molar-refractivity contribution in [2.75, 3.05) is 43.2 Å². The van der Waals surface area contributed by atoms with Crippen LogP contribution < -0.4 is 15.1 Å². The fourth-order valence-corrected chi connectivity index (χ4v) is 3.90. The van der Waals surface area contributed by atoms with E-state index in [1.165, 1.54) is 4.88 Å². The molecule has 9 heteroatoms. The Balaban J connectivity index is 1.46. The number of hydrazone groups is 1. The van der Waals surface area contributed by atoms with Gasteiger partial charge in [0.25, 0.3) is 0 Å². The van der Waals surface area contributed by atoms with E-state index >= 15 is 0 Å². The number of aryl methyl sites for hydroxylation is 1. The Bertz CT molecular complexity index is 989. The van der Waals surface area contributed by atoms with Crippen molar-refractivity contribution in [2.45, 2.75) is 19.8 Å². The number of ether oxygens (including phenoxy) is 2. The third-order valence-corrected chi connectivity index (χ3v) is 5.88. The van der Waals surface area contributed by atoms with E-state index in [9.17, 15) is 0 Å². The van der Waals surface area contributed by atoms with E-state index in [0.717, 1.165) is 36.0 Å². The molecule has 0 unspecified atom stereocenters. The number of thiophene rings is 1. The van der Waals surface area contributed by atoms with Gasteiger partial charge in [-0.05, 0) is 30.7 Å². The van der Waals surface area contributed by atoms with Crippen molar-refractivity contribution in [1.82, 2.24) is 15.0 Å². The van der Waals surface area contributed by atoms with E-state index in [1.54, 1.807) is 23.7 Å². The summed E-state index contributed by atoms with van der Waals surface area (Å²) in [6.07, 6.45) is 5.19. The molecular formula is C22H26N6O2S. The summed E-state index contributed by atoms with van der Waals surface area (Å²) in [6.45, 7) is 5.53. The van der Waals surface area contributed by atoms with Crippen LogP contribution in [-0.2, 0) is 17.6 Å². The largest absolute Gasteiger partial charge is 0.463 e. The van der Waals surface area contributed by atoms with Crippen molar-refractivity contribution in [3.63, 3.8) is 0 Å². The standard InChI is InChI=1S/C22H26N6O2S/c1-2-19-6-7-21(31-19)27-24-16-18-15-20(28-10-13-29-14-11-28)26-22(25-18)30-12-8-17-5-3-4-9-23-17/h3-7,9,15-16,27H,2,8,10-14H2,1H3. The fourth-order valence-electron chi connectivity index (χ4n) is 3.10. The van der Waals surface area contributed by atoms with Gasteiger partial charge < -0.3 is 14.4 Å². The second-order valence-electron chi connectivity index (χ2n) is 6.94. The highest BCUT2D eigenvalue weighted by Gasteiger charge is 2.15. The highest BCUT2D eigenvalue weighted by molar-refractivity contribution is 7.16. The minimum Gasteiger partial charge on any atom is -0.463 e. The minimum absolute atomic E-state index is 0.339. The molecule has 0 atom stereocenters. The summed E-state index contributed by atoms with van der Waals surface area (Å²) in [6, 6.07) is 12.3. The zero-order valence-corrected chi connectivity index (χ0v) is 18.3. The first-order valence-corrected chi connectivity index (χ1v) is 11.2. The SMILES string of the molecule is CCc1ccc(NN=Cc2cc(N3CCOCC3)nc(OCCc3ccccn3)n2)s1. The van der Waals surface area contributed by atoms with Gasteiger partial charge in [-0.1, -0.05) is 13.0 Å². The van der Waals surface area contributed by atoms with Crippen LogP contribution in [-0.4, -0.2) is 54.1 Å². The summed E-state index contributed by atoms with van der Waals surface area (Å²) < 4.78 is 11.3. The molecule has 31 heavy (non-hydrogen) atoms. The highest BCUT2D eigenvalue weighted by atomic mass is 32.1. The molecule has 0 bridgehead atoms. The van der Waals surface area contributed by atoms with Crippen LogP contribution >= 0.6 is 11.3 Å². The predicted molar refractivity (Wildman–Crippen MR) is 123 cm³/mol. The summed E-state index contributed by atoms with van der Waals surface area (Å²) >= 11 is 1.70. The van der Waals surface area contributed by atoms with Gasteiger partial charge in [-0.3, -0.25) is 10.4 Å². The van der Waals surface area contributed by atoms with Gasteiger partial charge in [-0.2, -0.15) is 15.1 Å². The quantitative estimate of drug-likeness (QED) is 0.405. The summed E-state index contributed by atoms with van der Waals surface area (Å²) in [4.78, 5) is 16.9. The first kappa shape index (κ1) is 21.2. The first-order chi connectivity index (χ1) is 15.3. The number of anilines is 2. The summed E-state index contributed by atoms with van der Waals surface area (Å²) in [5.74, 6) is 0.817. The monoisotopic (exact) mass is 438 g/mol. The third-order valence-electron chi connectivity index (χ3n) is 4.74. The Hall–Kier alpha value is -3.04. The van der Waals surface area contributed by atoms with Crippen molar-refractivity contribution in [1.29, 1.82) is 0 Å². The molecule has 1 N–H and O–H groups in total. The Kier molecular flexibility index (Phi) is 7.41. The first-order valence-electron chi connectivity index (χ1n) is 10.4. The molecule has 3 aromatic rings. The van der Waals surface area contributed by atoms with Crippen LogP contribution in [0.15, 0.2) is 47.7 Å². The van der Waals surface area contributed by atoms with Gasteiger partial charge in [0.05, 0.1) is 31.7 Å². The Morgan fingerprint density at radius 1 is 1.23 bits per heavy atom. The summed E-state index contributed by atoms with van der Waals surface area (Å²) in [5.41, 5.74) is 4.73. The second kappa shape index (κ2) is 10.8. The van der Waals surface area contributed by atoms with Crippen LogP contribution in [0.25, 0.3) is 0 Å². The predicted octanol–water partition coefficient (Wildman–Crippen LogP) is 3.40. The number of pyridine rings is 1. The lowest BCUT2D eigenvalue weighted by atomic mass is 10.3. The highest BCUT2D eigenvalue weighted by Crippen LogP contribution is 2.22. The molecule has 1 aliphatic rings. The Morgan fingerprint density at radius 3 is 2.90 bits per heavy atom. The molecular weight excluding hydrogens is 412 g/mol. The van der Waals surface area contributed by atoms with Crippen LogP contribution in [0, 0.1) is 0 Å². The maximum atomic E-state index is 5.86. The van der Waals surface area contributed by atoms with Crippen LogP contribution in [0.5, 0.6) is 6.01 Å². The van der Waals surface area contributed by atoms with Gasteiger partial charge >= 0.3 is 6.01 Å². The fraction of sp³-hybridized carbons (Fsp3) is 0.364. The van der Waals surface area contributed by atoms with Crippen LogP contribution in [0.1, 0.15) is 23.2 Å². The van der Waals surface area contributed by atoms with E-state index in [4.69, 9.17) is 9.47 Å². The summed E-state index contributed by atoms with van der Waals surface area (Å²) in [7, 11) is 0. The maximum absolute atomic E-state index is 5.86. The molecule has 0 amide bonds. The van der Waals surface area contributed by atoms with E-state index in [1.807, 2.05) is 30.3 Å². The Labute approximate surface area is 186 Å². The number of morpholine rings is 1. The van der Waals surface area contributed by atoms with E-state index in [0.29, 0.717) is 37.9 Å². The lowest BCUT2D eigenvalue weighted by Crippen LogP contribution is -2.37. The van der Waals surface area contributed by atoms with E-state index < -0.39 is 0 Å². The van der Waals surface area contributed by atoms with Gasteiger partial charge in [0.1, 0.15) is 10.8 Å². The smallest absolute Gasteiger partial charge is 0.318 e. The van der Waals surface area contributed by atoms with Crippen molar-refractivity contribution in [2.24, 2.45) is 5.10 Å². The van der Waals surface area contributed by atoms with E-state index in [2.05, 4.69) is 43.4 Å². The van der Waals surface area contributed by atoms with Gasteiger partial charge in [0.15, 0.2) is 0 Å². The molecule has 0 saturated carbocycles. The molecule has 162 valence electrons. The van der Waals surface area contributed by atoms with Crippen LogP contribution in [0.4, 0.5) is 10.8 Å². The number of nitrogens with one attached hydrogen (secondary N) is 1.